The third-order valence-electron chi connectivity index (χ3n) is 1.47. The average Bonchev–Trinajstić information content (AvgIpc) is 2.14. The van der Waals surface area contributed by atoms with E-state index in [1.807, 2.05) is 0 Å². The summed E-state index contributed by atoms with van der Waals surface area (Å²) in [5.74, 6) is 0. The molecule has 0 unspecified atom stereocenters. The van der Waals surface area contributed by atoms with Crippen LogP contribution in [0.4, 0.5) is 23.7 Å². The number of hydrogen-bond acceptors (Lipinski definition) is 2. The molecule has 0 aliphatic carbocycles. The van der Waals surface area contributed by atoms with Crippen LogP contribution in [0, 0.1) is 0 Å². The zero-order valence-electron chi connectivity index (χ0n) is 7.25. The molecule has 1 aromatic carbocycles. The lowest BCUT2D eigenvalue weighted by Crippen LogP contribution is -2.49. The smallest absolute Gasteiger partial charge is 0.254 e. The summed E-state index contributed by atoms with van der Waals surface area (Å²) in [5.41, 5.74) is 1.25. The first-order valence-electron chi connectivity index (χ1n) is 3.79. The lowest BCUT2D eigenvalue weighted by molar-refractivity contribution is -0.134. The standard InChI is InChI=1S/C8H6ClF3N2O/c9-7(15)13-14(8(10,11)12)6-4-2-1-3-5-6/h1-5H,(H,13,15). The van der Waals surface area contributed by atoms with Crippen LogP contribution in [0.3, 0.4) is 0 Å². The summed E-state index contributed by atoms with van der Waals surface area (Å²) in [6.07, 6.45) is -4.73. The molecule has 1 aromatic rings. The summed E-state index contributed by atoms with van der Waals surface area (Å²) in [4.78, 5) is 10.4. The van der Waals surface area contributed by atoms with Crippen LogP contribution < -0.4 is 10.4 Å². The minimum Gasteiger partial charge on any atom is -0.254 e. The van der Waals surface area contributed by atoms with Crippen LogP contribution >= 0.6 is 11.6 Å². The highest BCUT2D eigenvalue weighted by Gasteiger charge is 2.38. The topological polar surface area (TPSA) is 32.3 Å². The largest absolute Gasteiger partial charge is 0.503 e. The van der Waals surface area contributed by atoms with E-state index < -0.39 is 11.7 Å². The van der Waals surface area contributed by atoms with Gasteiger partial charge in [-0.3, -0.25) is 4.79 Å². The van der Waals surface area contributed by atoms with Crippen molar-refractivity contribution in [3.05, 3.63) is 30.3 Å². The Bertz CT molecular complexity index is 341. The maximum atomic E-state index is 12.4. The van der Waals surface area contributed by atoms with E-state index in [4.69, 9.17) is 11.6 Å². The van der Waals surface area contributed by atoms with Gasteiger partial charge in [-0.2, -0.15) is 5.01 Å². The molecule has 1 amide bonds. The van der Waals surface area contributed by atoms with Gasteiger partial charge in [-0.25, -0.2) is 5.43 Å². The maximum absolute atomic E-state index is 12.4. The van der Waals surface area contributed by atoms with E-state index in [0.717, 1.165) is 0 Å². The van der Waals surface area contributed by atoms with E-state index in [1.165, 1.54) is 29.7 Å². The molecule has 0 aromatic heterocycles. The Morgan fingerprint density at radius 2 is 1.80 bits per heavy atom. The second-order valence-corrected chi connectivity index (χ2v) is 2.87. The monoisotopic (exact) mass is 238 g/mol. The number of nitrogens with zero attached hydrogens (tertiary/aromatic N) is 1. The van der Waals surface area contributed by atoms with Gasteiger partial charge >= 0.3 is 11.7 Å². The third-order valence-corrected chi connectivity index (χ3v) is 1.55. The number of anilines is 1. The molecular formula is C8H6ClF3N2O. The van der Waals surface area contributed by atoms with Crippen molar-refractivity contribution >= 4 is 22.7 Å². The highest BCUT2D eigenvalue weighted by Crippen LogP contribution is 2.26. The highest BCUT2D eigenvalue weighted by atomic mass is 35.5. The van der Waals surface area contributed by atoms with Crippen LogP contribution in [0.5, 0.6) is 0 Å². The second-order valence-electron chi connectivity index (χ2n) is 2.52. The van der Waals surface area contributed by atoms with Gasteiger partial charge in [-0.1, -0.05) is 18.2 Å². The Kier molecular flexibility index (Phi) is 3.41. The number of alkyl halides is 3. The molecule has 82 valence electrons. The van der Waals surface area contributed by atoms with Gasteiger partial charge < -0.3 is 0 Å². The number of para-hydroxylation sites is 1. The summed E-state index contributed by atoms with van der Waals surface area (Å²) < 4.78 is 37.3. The molecule has 0 atom stereocenters. The summed E-state index contributed by atoms with van der Waals surface area (Å²) in [6.45, 7) is 0. The van der Waals surface area contributed by atoms with Gasteiger partial charge in [-0.05, 0) is 23.7 Å². The van der Waals surface area contributed by atoms with Crippen LogP contribution in [-0.2, 0) is 0 Å². The first kappa shape index (κ1) is 11.6. The van der Waals surface area contributed by atoms with E-state index >= 15 is 0 Å². The zero-order valence-corrected chi connectivity index (χ0v) is 8.01. The molecule has 3 nitrogen and oxygen atoms in total. The number of nitrogens with one attached hydrogen (secondary N) is 1. The zero-order chi connectivity index (χ0) is 11.5. The molecule has 15 heavy (non-hydrogen) atoms. The highest BCUT2D eigenvalue weighted by molar-refractivity contribution is 6.63. The summed E-state index contributed by atoms with van der Waals surface area (Å²) in [7, 11) is 0. The lowest BCUT2D eigenvalue weighted by Gasteiger charge is -2.25. The molecule has 7 heteroatoms. The number of hydrazine groups is 1. The summed E-state index contributed by atoms with van der Waals surface area (Å²) in [6, 6.07) is 6.77. The van der Waals surface area contributed by atoms with Crippen molar-refractivity contribution in [3.63, 3.8) is 0 Å². The summed E-state index contributed by atoms with van der Waals surface area (Å²) in [5, 5.41) is -1.57. The fourth-order valence-electron chi connectivity index (χ4n) is 0.939. The molecule has 0 bridgehead atoms. The predicted molar refractivity (Wildman–Crippen MR) is 49.4 cm³/mol. The van der Waals surface area contributed by atoms with Gasteiger partial charge in [0.05, 0.1) is 5.69 Å². The Morgan fingerprint density at radius 1 is 1.27 bits per heavy atom. The van der Waals surface area contributed by atoms with Crippen molar-refractivity contribution in [2.24, 2.45) is 0 Å². The average molecular weight is 239 g/mol. The normalized spacial score (nSPS) is 10.9. The van der Waals surface area contributed by atoms with Gasteiger partial charge in [0.2, 0.25) is 0 Å². The number of carbonyl (C=O) groups excluding carboxylic acids is 1. The fraction of sp³-hybridized carbons (Fsp3) is 0.125. The molecule has 0 aliphatic rings. The third kappa shape index (κ3) is 3.32. The van der Waals surface area contributed by atoms with Crippen LogP contribution in [0.15, 0.2) is 30.3 Å². The number of benzene rings is 1. The van der Waals surface area contributed by atoms with Crippen LogP contribution in [-0.4, -0.2) is 11.7 Å². The molecule has 0 saturated carbocycles. The number of halogens is 4. The molecule has 1 N–H and O–H groups in total. The van der Waals surface area contributed by atoms with Crippen molar-refractivity contribution in [1.82, 2.24) is 5.43 Å². The van der Waals surface area contributed by atoms with E-state index in [9.17, 15) is 18.0 Å². The van der Waals surface area contributed by atoms with Gasteiger partial charge in [0.25, 0.3) is 0 Å². The van der Waals surface area contributed by atoms with Gasteiger partial charge in [0.1, 0.15) is 0 Å². The van der Waals surface area contributed by atoms with Gasteiger partial charge in [0, 0.05) is 0 Å². The molecule has 0 heterocycles. The van der Waals surface area contributed by atoms with Crippen molar-refractivity contribution in [3.8, 4) is 0 Å². The van der Waals surface area contributed by atoms with Crippen molar-refractivity contribution in [2.45, 2.75) is 6.30 Å². The maximum Gasteiger partial charge on any atom is 0.503 e. The number of hydrogen-bond donors (Lipinski definition) is 1. The number of amides is 1. The molecule has 1 rings (SSSR count). The van der Waals surface area contributed by atoms with Crippen molar-refractivity contribution in [1.29, 1.82) is 0 Å². The van der Waals surface area contributed by atoms with Crippen molar-refractivity contribution in [2.75, 3.05) is 5.01 Å². The molecule has 0 fully saturated rings. The minimum absolute atomic E-state index is 0.223. The van der Waals surface area contributed by atoms with Gasteiger partial charge in [-0.15, -0.1) is 13.2 Å². The van der Waals surface area contributed by atoms with Gasteiger partial charge in [0.15, 0.2) is 0 Å². The fourth-order valence-corrected chi connectivity index (χ4v) is 1.02. The quantitative estimate of drug-likeness (QED) is 0.488. The number of rotatable bonds is 2. The lowest BCUT2D eigenvalue weighted by atomic mass is 10.3. The van der Waals surface area contributed by atoms with Crippen LogP contribution in [0.25, 0.3) is 0 Å². The van der Waals surface area contributed by atoms with Crippen LogP contribution in [0.2, 0.25) is 0 Å². The predicted octanol–water partition coefficient (Wildman–Crippen LogP) is 2.88. The molecule has 0 aliphatic heterocycles. The molecule has 0 saturated heterocycles. The molecule has 0 spiro atoms. The SMILES string of the molecule is O=C(Cl)NN(c1ccccc1)C(F)(F)F. The Labute approximate surface area is 88.4 Å². The van der Waals surface area contributed by atoms with E-state index in [-0.39, 0.29) is 10.7 Å². The number of carbonyl (C=O) groups is 1. The first-order chi connectivity index (χ1) is 6.91. The minimum atomic E-state index is -4.73. The van der Waals surface area contributed by atoms with E-state index in [0.29, 0.717) is 0 Å². The molecule has 0 radical (unpaired) electrons. The summed E-state index contributed by atoms with van der Waals surface area (Å²) >= 11 is 4.84. The first-order valence-corrected chi connectivity index (χ1v) is 4.17. The molecular weight excluding hydrogens is 233 g/mol. The van der Waals surface area contributed by atoms with E-state index in [1.54, 1.807) is 6.07 Å². The van der Waals surface area contributed by atoms with Crippen molar-refractivity contribution < 1.29 is 18.0 Å². The second kappa shape index (κ2) is 4.39. The Balaban J connectivity index is 2.97. The van der Waals surface area contributed by atoms with E-state index in [2.05, 4.69) is 0 Å². The Morgan fingerprint density at radius 3 is 2.20 bits per heavy atom. The van der Waals surface area contributed by atoms with Crippen LogP contribution in [0.1, 0.15) is 0 Å². The Hall–Kier alpha value is -1.43.